The van der Waals surface area contributed by atoms with Gasteiger partial charge in [0.15, 0.2) is 11.2 Å². The highest BCUT2D eigenvalue weighted by atomic mass is 35.5. The molecule has 0 aliphatic heterocycles. The number of benzene rings is 1. The van der Waals surface area contributed by atoms with E-state index in [1.54, 1.807) is 31.3 Å². The van der Waals surface area contributed by atoms with Gasteiger partial charge in [-0.05, 0) is 12.1 Å². The van der Waals surface area contributed by atoms with Crippen LogP contribution in [0.15, 0.2) is 33.9 Å². The van der Waals surface area contributed by atoms with E-state index in [1.165, 1.54) is 23.2 Å². The zero-order valence-electron chi connectivity index (χ0n) is 13.2. The maximum Gasteiger partial charge on any atom is 0.332 e. The summed E-state index contributed by atoms with van der Waals surface area (Å²) in [4.78, 5) is 40.9. The van der Waals surface area contributed by atoms with Gasteiger partial charge in [0.2, 0.25) is 5.95 Å². The number of carbonyl (C=O) groups is 1. The van der Waals surface area contributed by atoms with Gasteiger partial charge in [-0.2, -0.15) is 4.98 Å². The van der Waals surface area contributed by atoms with Crippen LogP contribution in [-0.4, -0.2) is 24.6 Å². The first-order valence-corrected chi connectivity index (χ1v) is 7.39. The van der Waals surface area contributed by atoms with Crippen molar-refractivity contribution in [3.63, 3.8) is 0 Å². The molecule has 0 spiro atoms. The van der Waals surface area contributed by atoms with E-state index in [0.717, 1.165) is 4.57 Å². The highest BCUT2D eigenvalue weighted by molar-refractivity contribution is 6.34. The van der Waals surface area contributed by atoms with Crippen LogP contribution in [0.3, 0.4) is 0 Å². The monoisotopic (exact) mass is 347 g/mol. The summed E-state index contributed by atoms with van der Waals surface area (Å²) >= 11 is 6.01. The van der Waals surface area contributed by atoms with Gasteiger partial charge in [0, 0.05) is 21.1 Å². The number of aryl methyl sites for hydroxylation is 2. The summed E-state index contributed by atoms with van der Waals surface area (Å²) in [5, 5.41) is 2.92. The molecule has 0 saturated heterocycles. The van der Waals surface area contributed by atoms with Crippen molar-refractivity contribution in [1.29, 1.82) is 0 Å². The van der Waals surface area contributed by atoms with Crippen molar-refractivity contribution in [2.24, 2.45) is 21.1 Å². The third-order valence-electron chi connectivity index (χ3n) is 3.82. The van der Waals surface area contributed by atoms with Crippen LogP contribution in [0, 0.1) is 0 Å². The first-order valence-electron chi connectivity index (χ1n) is 7.01. The smallest absolute Gasteiger partial charge is 0.307 e. The van der Waals surface area contributed by atoms with Gasteiger partial charge in [-0.15, -0.1) is 0 Å². The fraction of sp³-hybridized carbons (Fsp3) is 0.200. The lowest BCUT2D eigenvalue weighted by molar-refractivity contribution is 0.102. The Morgan fingerprint density at radius 1 is 1.08 bits per heavy atom. The Bertz CT molecular complexity index is 1090. The van der Waals surface area contributed by atoms with E-state index in [-0.39, 0.29) is 22.7 Å². The second kappa shape index (κ2) is 5.64. The van der Waals surface area contributed by atoms with Crippen molar-refractivity contribution in [2.75, 3.05) is 5.32 Å². The average Bonchev–Trinajstić information content (AvgIpc) is 2.88. The molecule has 1 N–H and O–H groups in total. The molecule has 0 aliphatic carbocycles. The topological polar surface area (TPSA) is 90.9 Å². The van der Waals surface area contributed by atoms with Crippen molar-refractivity contribution < 1.29 is 4.79 Å². The molecule has 0 fully saturated rings. The van der Waals surface area contributed by atoms with E-state index in [2.05, 4.69) is 10.3 Å². The number of amides is 1. The molecule has 0 atom stereocenters. The lowest BCUT2D eigenvalue weighted by atomic mass is 10.2. The molecule has 1 amide bonds. The predicted molar refractivity (Wildman–Crippen MR) is 90.6 cm³/mol. The largest absolute Gasteiger partial charge is 0.332 e. The summed E-state index contributed by atoms with van der Waals surface area (Å²) < 4.78 is 3.68. The van der Waals surface area contributed by atoms with Crippen LogP contribution in [0.1, 0.15) is 10.4 Å². The molecule has 3 aromatic rings. The third kappa shape index (κ3) is 2.31. The van der Waals surface area contributed by atoms with Gasteiger partial charge in [-0.3, -0.25) is 24.0 Å². The summed E-state index contributed by atoms with van der Waals surface area (Å²) in [5.74, 6) is -0.311. The number of nitrogens with zero attached hydrogens (tertiary/aromatic N) is 4. The van der Waals surface area contributed by atoms with Crippen molar-refractivity contribution in [3.8, 4) is 0 Å². The van der Waals surface area contributed by atoms with E-state index in [4.69, 9.17) is 11.6 Å². The number of carbonyl (C=O) groups excluding carboxylic acids is 1. The number of hydrogen-bond acceptors (Lipinski definition) is 4. The molecule has 0 unspecified atom stereocenters. The molecule has 1 aromatic carbocycles. The Morgan fingerprint density at radius 3 is 2.42 bits per heavy atom. The normalized spacial score (nSPS) is 11.0. The molecular weight excluding hydrogens is 334 g/mol. The predicted octanol–water partition coefficient (Wildman–Crippen LogP) is 0.876. The fourth-order valence-corrected chi connectivity index (χ4v) is 2.67. The minimum atomic E-state index is -0.491. The lowest BCUT2D eigenvalue weighted by Crippen LogP contribution is -2.37. The Morgan fingerprint density at radius 2 is 1.75 bits per heavy atom. The van der Waals surface area contributed by atoms with Gasteiger partial charge in [0.05, 0.1) is 10.6 Å². The number of aromatic nitrogens is 4. The van der Waals surface area contributed by atoms with E-state index in [9.17, 15) is 14.4 Å². The summed E-state index contributed by atoms with van der Waals surface area (Å²) in [7, 11) is 4.49. The maximum atomic E-state index is 12.4. The molecule has 9 heteroatoms. The van der Waals surface area contributed by atoms with Crippen LogP contribution < -0.4 is 16.6 Å². The highest BCUT2D eigenvalue weighted by Crippen LogP contribution is 2.18. The van der Waals surface area contributed by atoms with Gasteiger partial charge in [0.25, 0.3) is 11.5 Å². The quantitative estimate of drug-likeness (QED) is 0.745. The number of imidazole rings is 1. The Kier molecular flexibility index (Phi) is 3.76. The molecule has 3 rings (SSSR count). The molecular formula is C15H14ClN5O3. The SMILES string of the molecule is Cn1c(=O)c2c(nc(NC(=O)c3ccccc3Cl)n2C)n(C)c1=O. The van der Waals surface area contributed by atoms with Crippen molar-refractivity contribution in [2.45, 2.75) is 0 Å². The summed E-state index contributed by atoms with van der Waals surface area (Å²) in [6.07, 6.45) is 0. The van der Waals surface area contributed by atoms with E-state index in [1.807, 2.05) is 0 Å². The minimum absolute atomic E-state index is 0.146. The molecule has 24 heavy (non-hydrogen) atoms. The van der Waals surface area contributed by atoms with Crippen molar-refractivity contribution >= 4 is 34.6 Å². The Labute approximate surface area is 140 Å². The van der Waals surface area contributed by atoms with Gasteiger partial charge in [0.1, 0.15) is 0 Å². The first kappa shape index (κ1) is 16.0. The fourth-order valence-electron chi connectivity index (χ4n) is 2.44. The maximum absolute atomic E-state index is 12.4. The zero-order chi connectivity index (χ0) is 17.6. The van der Waals surface area contributed by atoms with Gasteiger partial charge in [-0.1, -0.05) is 23.7 Å². The Hall–Kier alpha value is -2.87. The van der Waals surface area contributed by atoms with Crippen LogP contribution in [0.2, 0.25) is 5.02 Å². The van der Waals surface area contributed by atoms with Gasteiger partial charge < -0.3 is 4.57 Å². The number of halogens is 1. The second-order valence-electron chi connectivity index (χ2n) is 5.31. The van der Waals surface area contributed by atoms with Crippen LogP contribution in [0.4, 0.5) is 5.95 Å². The molecule has 8 nitrogen and oxygen atoms in total. The number of nitrogens with one attached hydrogen (secondary N) is 1. The summed E-state index contributed by atoms with van der Waals surface area (Å²) in [5.41, 5.74) is -0.280. The summed E-state index contributed by atoms with van der Waals surface area (Å²) in [6, 6.07) is 6.59. The van der Waals surface area contributed by atoms with Crippen molar-refractivity contribution in [3.05, 3.63) is 55.7 Å². The third-order valence-corrected chi connectivity index (χ3v) is 4.15. The molecule has 124 valence electrons. The minimum Gasteiger partial charge on any atom is -0.307 e. The summed E-state index contributed by atoms with van der Waals surface area (Å²) in [6.45, 7) is 0. The molecule has 0 saturated carbocycles. The molecule has 2 heterocycles. The molecule has 0 aliphatic rings. The second-order valence-corrected chi connectivity index (χ2v) is 5.71. The van der Waals surface area contributed by atoms with E-state index in [0.29, 0.717) is 5.02 Å². The van der Waals surface area contributed by atoms with Crippen LogP contribution in [0.25, 0.3) is 11.2 Å². The first-order chi connectivity index (χ1) is 11.3. The van der Waals surface area contributed by atoms with Gasteiger partial charge >= 0.3 is 5.69 Å². The van der Waals surface area contributed by atoms with Crippen LogP contribution in [0.5, 0.6) is 0 Å². The number of hydrogen-bond donors (Lipinski definition) is 1. The number of anilines is 1. The van der Waals surface area contributed by atoms with Crippen LogP contribution >= 0.6 is 11.6 Å². The number of fused-ring (bicyclic) bond motifs is 1. The van der Waals surface area contributed by atoms with Gasteiger partial charge in [-0.25, -0.2) is 4.79 Å². The highest BCUT2D eigenvalue weighted by Gasteiger charge is 2.19. The standard InChI is InChI=1S/C15H14ClN5O3/c1-19-10-11(20(2)15(24)21(3)13(10)23)17-14(19)18-12(22)8-6-4-5-7-9(8)16/h4-7H,1-3H3,(H,17,18,22). The average molecular weight is 348 g/mol. The molecule has 2 aromatic heterocycles. The zero-order valence-corrected chi connectivity index (χ0v) is 14.0. The van der Waals surface area contributed by atoms with Crippen LogP contribution in [-0.2, 0) is 21.1 Å². The number of rotatable bonds is 2. The Balaban J connectivity index is 2.14. The lowest BCUT2D eigenvalue weighted by Gasteiger charge is -2.06. The molecule has 0 radical (unpaired) electrons. The van der Waals surface area contributed by atoms with E-state index < -0.39 is 17.2 Å². The molecule has 0 bridgehead atoms. The van der Waals surface area contributed by atoms with Crippen molar-refractivity contribution in [1.82, 2.24) is 18.7 Å². The van der Waals surface area contributed by atoms with E-state index >= 15 is 0 Å².